The fourth-order valence-corrected chi connectivity index (χ4v) is 3.42. The molecule has 1 rings (SSSR count). The number of hydrogen-bond donors (Lipinski definition) is 2. The van der Waals surface area contributed by atoms with Crippen molar-refractivity contribution in [1.82, 2.24) is 16.0 Å². The summed E-state index contributed by atoms with van der Waals surface area (Å²) in [7, 11) is 0. The summed E-state index contributed by atoms with van der Waals surface area (Å²) < 4.78 is 18.2. The van der Waals surface area contributed by atoms with Gasteiger partial charge in [-0.2, -0.15) is 5.12 Å². The van der Waals surface area contributed by atoms with Crippen LogP contribution in [0.15, 0.2) is 30.3 Å². The van der Waals surface area contributed by atoms with Crippen molar-refractivity contribution in [3.63, 3.8) is 0 Å². The number of hydrazine groups is 2. The summed E-state index contributed by atoms with van der Waals surface area (Å²) in [6, 6.07) is 8.47. The number of carbonyl (C=O) groups is 3. The Morgan fingerprint density at radius 3 is 1.80 bits per heavy atom. The molecule has 0 unspecified atom stereocenters. The van der Waals surface area contributed by atoms with Crippen LogP contribution in [0.2, 0.25) is 0 Å². The Labute approximate surface area is 235 Å². The molecule has 0 aromatic heterocycles. The lowest BCUT2D eigenvalue weighted by molar-refractivity contribution is -0.187. The second-order valence-corrected chi connectivity index (χ2v) is 11.8. The van der Waals surface area contributed by atoms with Crippen molar-refractivity contribution < 1.29 is 28.6 Å². The van der Waals surface area contributed by atoms with Gasteiger partial charge in [-0.1, -0.05) is 63.4 Å². The van der Waals surface area contributed by atoms with Gasteiger partial charge in [-0.15, -0.1) is 0 Å². The first kappa shape index (κ1) is 32.0. The predicted molar refractivity (Wildman–Crippen MR) is 151 cm³/mol. The number of alkyl halides is 2. The second kappa shape index (κ2) is 14.6. The van der Waals surface area contributed by atoms with Crippen LogP contribution >= 0.6 is 45.2 Å². The lowest BCUT2D eigenvalue weighted by Gasteiger charge is -2.41. The molecule has 35 heavy (non-hydrogen) atoms. The van der Waals surface area contributed by atoms with E-state index < -0.39 is 34.6 Å². The van der Waals surface area contributed by atoms with E-state index >= 15 is 0 Å². The van der Waals surface area contributed by atoms with Gasteiger partial charge in [0.15, 0.2) is 0 Å². The lowest BCUT2D eigenvalue weighted by atomic mass is 9.92. The fraction of sp³-hybridized carbons (Fsp3) is 0.625. The number of nitrogens with one attached hydrogen (secondary N) is 2. The van der Waals surface area contributed by atoms with Gasteiger partial charge >= 0.3 is 17.9 Å². The summed E-state index contributed by atoms with van der Waals surface area (Å²) in [6.45, 7) is 11.3. The maximum Gasteiger partial charge on any atom is 0.346 e. The normalized spacial score (nSPS) is 13.7. The SMILES string of the molecule is CC(C)(C)OC(=O)CC[C@@](C(=O)Oc1ccccc1)(C(=O)OC(C)(C)C)N(NCCI)NCCI. The van der Waals surface area contributed by atoms with E-state index in [1.54, 1.807) is 71.9 Å². The van der Waals surface area contributed by atoms with Gasteiger partial charge in [0.2, 0.25) is 5.54 Å². The summed E-state index contributed by atoms with van der Waals surface area (Å²) in [6.07, 6.45) is -0.445. The van der Waals surface area contributed by atoms with Crippen molar-refractivity contribution in [2.45, 2.75) is 71.1 Å². The van der Waals surface area contributed by atoms with E-state index in [2.05, 4.69) is 56.0 Å². The molecule has 0 aliphatic heterocycles. The number of rotatable bonds is 13. The quantitative estimate of drug-likeness (QED) is 0.0784. The molecule has 0 aliphatic rings. The van der Waals surface area contributed by atoms with Gasteiger partial charge in [-0.05, 0) is 53.7 Å². The minimum atomic E-state index is -2.02. The average Bonchev–Trinajstić information content (AvgIpc) is 2.73. The van der Waals surface area contributed by atoms with Crippen LogP contribution in [0, 0.1) is 0 Å². The molecule has 0 saturated carbocycles. The predicted octanol–water partition coefficient (Wildman–Crippen LogP) is 3.98. The van der Waals surface area contributed by atoms with E-state index in [1.165, 1.54) is 5.12 Å². The van der Waals surface area contributed by atoms with Crippen molar-refractivity contribution >= 4 is 63.1 Å². The molecule has 9 nitrogen and oxygen atoms in total. The molecule has 0 saturated heterocycles. The smallest absolute Gasteiger partial charge is 0.346 e. The first-order valence-corrected chi connectivity index (χ1v) is 14.4. The largest absolute Gasteiger partial charge is 0.460 e. The number of nitrogens with zero attached hydrogens (tertiary/aromatic N) is 1. The van der Waals surface area contributed by atoms with Crippen LogP contribution in [-0.4, -0.2) is 61.7 Å². The van der Waals surface area contributed by atoms with Crippen LogP contribution in [-0.2, 0) is 23.9 Å². The summed E-state index contributed by atoms with van der Waals surface area (Å²) in [4.78, 5) is 40.3. The number of ether oxygens (including phenoxy) is 3. The first-order valence-electron chi connectivity index (χ1n) is 11.4. The van der Waals surface area contributed by atoms with Gasteiger partial charge in [0.1, 0.15) is 17.0 Å². The van der Waals surface area contributed by atoms with E-state index in [0.29, 0.717) is 21.9 Å². The highest BCUT2D eigenvalue weighted by Gasteiger charge is 2.56. The fourth-order valence-electron chi connectivity index (χ4n) is 2.93. The first-order chi connectivity index (χ1) is 16.2. The Morgan fingerprint density at radius 2 is 1.34 bits per heavy atom. The molecule has 0 amide bonds. The van der Waals surface area contributed by atoms with Crippen LogP contribution in [0.1, 0.15) is 54.4 Å². The van der Waals surface area contributed by atoms with E-state index in [9.17, 15) is 14.4 Å². The molecule has 0 fully saturated rings. The third-order valence-corrected chi connectivity index (χ3v) is 5.33. The van der Waals surface area contributed by atoms with Crippen molar-refractivity contribution in [1.29, 1.82) is 0 Å². The van der Waals surface area contributed by atoms with E-state index in [0.717, 1.165) is 0 Å². The zero-order chi connectivity index (χ0) is 26.7. The van der Waals surface area contributed by atoms with Crippen LogP contribution < -0.4 is 15.6 Å². The van der Waals surface area contributed by atoms with Crippen molar-refractivity contribution in [2.75, 3.05) is 21.9 Å². The molecule has 0 radical (unpaired) electrons. The highest BCUT2D eigenvalue weighted by Crippen LogP contribution is 2.28. The zero-order valence-electron chi connectivity index (χ0n) is 21.3. The van der Waals surface area contributed by atoms with Gasteiger partial charge in [-0.3, -0.25) is 4.79 Å². The zero-order valence-corrected chi connectivity index (χ0v) is 25.6. The van der Waals surface area contributed by atoms with Crippen LogP contribution in [0.25, 0.3) is 0 Å². The monoisotopic (exact) mass is 717 g/mol. The highest BCUT2D eigenvalue weighted by molar-refractivity contribution is 14.1. The number of hydrogen-bond acceptors (Lipinski definition) is 9. The minimum Gasteiger partial charge on any atom is -0.460 e. The van der Waals surface area contributed by atoms with Gasteiger partial charge in [0.05, 0.1) is 0 Å². The molecule has 0 aliphatic carbocycles. The molecule has 198 valence electrons. The topological polar surface area (TPSA) is 106 Å². The van der Waals surface area contributed by atoms with Gasteiger partial charge in [0, 0.05) is 34.8 Å². The Kier molecular flexibility index (Phi) is 13.4. The summed E-state index contributed by atoms with van der Waals surface area (Å²) in [5.41, 5.74) is 2.60. The Morgan fingerprint density at radius 1 is 0.829 bits per heavy atom. The van der Waals surface area contributed by atoms with E-state index in [4.69, 9.17) is 14.2 Å². The Hall–Kier alpha value is -1.03. The second-order valence-electron chi connectivity index (χ2n) is 9.68. The standard InChI is InChI=1S/C24H37I2N3O6/c1-22(2,3)34-19(30)12-13-24(21(32)35-23(4,5)6,29(27-16-14-25)28-17-15-26)20(31)33-18-10-8-7-9-11-18/h7-11,27-28H,12-17H2,1-6H3/t24-/m1/s1. The average molecular weight is 717 g/mol. The van der Waals surface area contributed by atoms with Crippen LogP contribution in [0.4, 0.5) is 0 Å². The Balaban J connectivity index is 3.56. The maximum absolute atomic E-state index is 13.8. The van der Waals surface area contributed by atoms with Crippen molar-refractivity contribution in [3.8, 4) is 5.75 Å². The number of carbonyl (C=O) groups excluding carboxylic acids is 3. The molecule has 1 aromatic rings. The number of para-hydroxylation sites is 1. The lowest BCUT2D eigenvalue weighted by Crippen LogP contribution is -2.71. The van der Waals surface area contributed by atoms with E-state index in [1.807, 2.05) is 0 Å². The van der Waals surface area contributed by atoms with Gasteiger partial charge in [0.25, 0.3) is 0 Å². The third-order valence-electron chi connectivity index (χ3n) is 4.25. The highest BCUT2D eigenvalue weighted by atomic mass is 127. The van der Waals surface area contributed by atoms with Crippen LogP contribution in [0.3, 0.4) is 0 Å². The summed E-state index contributed by atoms with van der Waals surface area (Å²) in [5.74, 6) is -1.98. The molecule has 0 spiro atoms. The molecule has 11 heteroatoms. The molecule has 0 bridgehead atoms. The summed E-state index contributed by atoms with van der Waals surface area (Å²) in [5, 5.41) is 1.34. The van der Waals surface area contributed by atoms with Gasteiger partial charge < -0.3 is 14.2 Å². The van der Waals surface area contributed by atoms with E-state index in [-0.39, 0.29) is 18.6 Å². The number of halogens is 2. The maximum atomic E-state index is 13.8. The van der Waals surface area contributed by atoms with Crippen molar-refractivity contribution in [2.24, 2.45) is 0 Å². The molecular formula is C24H37I2N3O6. The number of esters is 3. The molecule has 1 aromatic carbocycles. The molecule has 0 heterocycles. The Bertz CT molecular complexity index is 819. The molecule has 1 atom stereocenters. The molecular weight excluding hydrogens is 680 g/mol. The third kappa shape index (κ3) is 11.3. The van der Waals surface area contributed by atoms with Crippen molar-refractivity contribution in [3.05, 3.63) is 30.3 Å². The van der Waals surface area contributed by atoms with Gasteiger partial charge in [-0.25, -0.2) is 20.4 Å². The minimum absolute atomic E-state index is 0.214. The number of benzene rings is 1. The van der Waals surface area contributed by atoms with Crippen LogP contribution in [0.5, 0.6) is 5.75 Å². The summed E-state index contributed by atoms with van der Waals surface area (Å²) >= 11 is 4.37. The molecule has 2 N–H and O–H groups in total.